The first-order valence-electron chi connectivity index (χ1n) is 6.67. The van der Waals surface area contributed by atoms with Crippen LogP contribution in [0.4, 0.5) is 11.6 Å². The second kappa shape index (κ2) is 6.06. The number of H-pyrrole nitrogens is 1. The zero-order valence-electron chi connectivity index (χ0n) is 11.8. The van der Waals surface area contributed by atoms with Crippen molar-refractivity contribution in [2.75, 3.05) is 5.43 Å². The Labute approximate surface area is 129 Å². The first-order valence-corrected chi connectivity index (χ1v) is 6.67. The number of nitrogens with one attached hydrogen (secondary N) is 2. The quantitative estimate of drug-likeness (QED) is 0.436. The van der Waals surface area contributed by atoms with Gasteiger partial charge in [0.2, 0.25) is 5.95 Å². The van der Waals surface area contributed by atoms with Crippen molar-refractivity contribution in [1.82, 2.24) is 9.97 Å². The van der Waals surface area contributed by atoms with Gasteiger partial charge in [-0.05, 0) is 18.2 Å². The van der Waals surface area contributed by atoms with Gasteiger partial charge in [-0.25, -0.2) is 10.4 Å². The summed E-state index contributed by atoms with van der Waals surface area (Å²) in [5, 5.41) is 15.3. The van der Waals surface area contributed by atoms with Crippen LogP contribution in [0.2, 0.25) is 0 Å². The number of rotatable bonds is 4. The number of nitro groups is 1. The van der Waals surface area contributed by atoms with Crippen LogP contribution >= 0.6 is 0 Å². The van der Waals surface area contributed by atoms with Gasteiger partial charge in [0.05, 0.1) is 27.6 Å². The number of benzene rings is 2. The van der Waals surface area contributed by atoms with Crippen LogP contribution in [0.25, 0.3) is 10.9 Å². The van der Waals surface area contributed by atoms with Gasteiger partial charge in [0.25, 0.3) is 11.2 Å². The maximum atomic E-state index is 11.9. The molecule has 114 valence electrons. The molecule has 0 atom stereocenters. The number of fused-ring (bicyclic) bond motifs is 1. The van der Waals surface area contributed by atoms with Gasteiger partial charge in [-0.2, -0.15) is 5.10 Å². The number of nitro benzene ring substituents is 1. The van der Waals surface area contributed by atoms with Gasteiger partial charge in [-0.15, -0.1) is 0 Å². The Hall–Kier alpha value is -3.55. The topological polar surface area (TPSA) is 113 Å². The molecule has 23 heavy (non-hydrogen) atoms. The predicted octanol–water partition coefficient (Wildman–Crippen LogP) is 2.28. The zero-order valence-corrected chi connectivity index (χ0v) is 11.8. The molecule has 8 heteroatoms. The minimum atomic E-state index is -0.489. The molecule has 2 N–H and O–H groups in total. The largest absolute Gasteiger partial charge is 0.291 e. The second-order valence-electron chi connectivity index (χ2n) is 4.62. The maximum absolute atomic E-state index is 11.9. The highest BCUT2D eigenvalue weighted by molar-refractivity contribution is 5.85. The van der Waals surface area contributed by atoms with Crippen molar-refractivity contribution < 1.29 is 4.92 Å². The van der Waals surface area contributed by atoms with Gasteiger partial charge >= 0.3 is 0 Å². The zero-order chi connectivity index (χ0) is 16.2. The number of hydrogen-bond acceptors (Lipinski definition) is 6. The van der Waals surface area contributed by atoms with Crippen molar-refractivity contribution in [2.24, 2.45) is 5.10 Å². The lowest BCUT2D eigenvalue weighted by Gasteiger charge is -2.01. The SMILES string of the molecule is O=c1[nH]c(N/N=C/c2ccccc2[N+](=O)[O-])nc2ccccc12. The van der Waals surface area contributed by atoms with E-state index in [2.05, 4.69) is 20.5 Å². The predicted molar refractivity (Wildman–Crippen MR) is 86.7 cm³/mol. The van der Waals surface area contributed by atoms with E-state index in [1.165, 1.54) is 12.3 Å². The van der Waals surface area contributed by atoms with Gasteiger partial charge < -0.3 is 0 Å². The summed E-state index contributed by atoms with van der Waals surface area (Å²) in [6, 6.07) is 13.1. The summed E-state index contributed by atoms with van der Waals surface area (Å²) in [5.74, 6) is 0.156. The number of hydrogen-bond donors (Lipinski definition) is 2. The van der Waals surface area contributed by atoms with E-state index >= 15 is 0 Å². The molecule has 0 aliphatic rings. The highest BCUT2D eigenvalue weighted by Gasteiger charge is 2.09. The molecule has 0 saturated heterocycles. The molecule has 0 amide bonds. The van der Waals surface area contributed by atoms with Gasteiger partial charge in [-0.3, -0.25) is 19.9 Å². The Morgan fingerprint density at radius 2 is 1.91 bits per heavy atom. The van der Waals surface area contributed by atoms with Crippen molar-refractivity contribution in [3.8, 4) is 0 Å². The molecular formula is C15H11N5O3. The van der Waals surface area contributed by atoms with Gasteiger partial charge in [0.15, 0.2) is 0 Å². The Balaban J connectivity index is 1.86. The molecule has 0 aliphatic carbocycles. The molecule has 0 saturated carbocycles. The third kappa shape index (κ3) is 3.05. The first-order chi connectivity index (χ1) is 11.1. The van der Waals surface area contributed by atoms with Gasteiger partial charge in [-0.1, -0.05) is 24.3 Å². The van der Waals surface area contributed by atoms with Crippen LogP contribution in [-0.4, -0.2) is 21.1 Å². The molecule has 3 rings (SSSR count). The third-order valence-corrected chi connectivity index (χ3v) is 3.12. The maximum Gasteiger partial charge on any atom is 0.278 e. The molecule has 0 radical (unpaired) electrons. The number of nitrogens with zero attached hydrogens (tertiary/aromatic N) is 3. The molecule has 1 heterocycles. The van der Waals surface area contributed by atoms with Crippen molar-refractivity contribution in [3.05, 3.63) is 74.6 Å². The third-order valence-electron chi connectivity index (χ3n) is 3.12. The smallest absolute Gasteiger partial charge is 0.278 e. The number of aromatic nitrogens is 2. The van der Waals surface area contributed by atoms with Crippen molar-refractivity contribution in [2.45, 2.75) is 0 Å². The molecule has 1 aromatic heterocycles. The highest BCUT2D eigenvalue weighted by Crippen LogP contribution is 2.15. The normalized spacial score (nSPS) is 11.0. The van der Waals surface area contributed by atoms with Crippen LogP contribution in [0.5, 0.6) is 0 Å². The molecule has 0 spiro atoms. The average molecular weight is 309 g/mol. The van der Waals surface area contributed by atoms with Crippen LogP contribution in [0.3, 0.4) is 0 Å². The summed E-state index contributed by atoms with van der Waals surface area (Å²) < 4.78 is 0. The lowest BCUT2D eigenvalue weighted by atomic mass is 10.2. The summed E-state index contributed by atoms with van der Waals surface area (Å²) in [7, 11) is 0. The van der Waals surface area contributed by atoms with E-state index < -0.39 is 4.92 Å². The molecule has 2 aromatic carbocycles. The summed E-state index contributed by atoms with van der Waals surface area (Å²) in [6.07, 6.45) is 1.30. The molecule has 0 bridgehead atoms. The van der Waals surface area contributed by atoms with Crippen LogP contribution in [0, 0.1) is 10.1 Å². The van der Waals surface area contributed by atoms with E-state index in [9.17, 15) is 14.9 Å². The van der Waals surface area contributed by atoms with E-state index in [-0.39, 0.29) is 17.2 Å². The minimum absolute atomic E-state index is 0.0574. The van der Waals surface area contributed by atoms with E-state index in [0.29, 0.717) is 16.5 Å². The van der Waals surface area contributed by atoms with E-state index in [1.54, 1.807) is 42.5 Å². The van der Waals surface area contributed by atoms with Crippen LogP contribution in [-0.2, 0) is 0 Å². The van der Waals surface area contributed by atoms with E-state index in [0.717, 1.165) is 0 Å². The van der Waals surface area contributed by atoms with E-state index in [1.807, 2.05) is 0 Å². The van der Waals surface area contributed by atoms with Crippen molar-refractivity contribution in [3.63, 3.8) is 0 Å². The standard InChI is InChI=1S/C15H11N5O3/c21-14-11-6-2-3-7-12(11)17-15(18-14)19-16-9-10-5-1-4-8-13(10)20(22)23/h1-9H,(H2,17,18,19,21)/b16-9+. The van der Waals surface area contributed by atoms with Crippen LogP contribution in [0.15, 0.2) is 58.4 Å². The fraction of sp³-hybridized carbons (Fsp3) is 0. The number of anilines is 1. The lowest BCUT2D eigenvalue weighted by Crippen LogP contribution is -2.11. The molecule has 3 aromatic rings. The fourth-order valence-corrected chi connectivity index (χ4v) is 2.07. The molecule has 0 aliphatic heterocycles. The fourth-order valence-electron chi connectivity index (χ4n) is 2.07. The molecular weight excluding hydrogens is 298 g/mol. The molecule has 8 nitrogen and oxygen atoms in total. The van der Waals surface area contributed by atoms with Gasteiger partial charge in [0.1, 0.15) is 0 Å². The average Bonchev–Trinajstić information content (AvgIpc) is 2.55. The van der Waals surface area contributed by atoms with Crippen LogP contribution in [0.1, 0.15) is 5.56 Å². The summed E-state index contributed by atoms with van der Waals surface area (Å²) >= 11 is 0. The lowest BCUT2D eigenvalue weighted by molar-refractivity contribution is -0.385. The monoisotopic (exact) mass is 309 g/mol. The Bertz CT molecular complexity index is 964. The number of hydrazone groups is 1. The number of para-hydroxylation sites is 2. The molecule has 0 fully saturated rings. The summed E-state index contributed by atoms with van der Waals surface area (Å²) in [5.41, 5.74) is 3.09. The van der Waals surface area contributed by atoms with Crippen molar-refractivity contribution in [1.29, 1.82) is 0 Å². The summed E-state index contributed by atoms with van der Waals surface area (Å²) in [4.78, 5) is 29.1. The highest BCUT2D eigenvalue weighted by atomic mass is 16.6. The van der Waals surface area contributed by atoms with E-state index in [4.69, 9.17) is 0 Å². The number of aromatic amines is 1. The Morgan fingerprint density at radius 3 is 2.74 bits per heavy atom. The van der Waals surface area contributed by atoms with Gasteiger partial charge in [0, 0.05) is 6.07 Å². The Morgan fingerprint density at radius 1 is 1.17 bits per heavy atom. The second-order valence-corrected chi connectivity index (χ2v) is 4.62. The van der Waals surface area contributed by atoms with Crippen LogP contribution < -0.4 is 11.0 Å². The molecule has 0 unspecified atom stereocenters. The van der Waals surface area contributed by atoms with Crippen molar-refractivity contribution >= 4 is 28.8 Å². The summed E-state index contributed by atoms with van der Waals surface area (Å²) in [6.45, 7) is 0. The Kier molecular flexibility index (Phi) is 3.79. The first kappa shape index (κ1) is 14.4. The minimum Gasteiger partial charge on any atom is -0.291 e.